The summed E-state index contributed by atoms with van der Waals surface area (Å²) in [5.74, 6) is -0.943. The predicted molar refractivity (Wildman–Crippen MR) is 348 cm³/mol. The Bertz CT molecular complexity index is 3850. The van der Waals surface area contributed by atoms with Crippen LogP contribution in [-0.4, -0.2) is 46.5 Å². The molecule has 89 heavy (non-hydrogen) atoms. The van der Waals surface area contributed by atoms with Gasteiger partial charge >= 0.3 is 15.6 Å². The van der Waals surface area contributed by atoms with Gasteiger partial charge in [0, 0.05) is 99.7 Å². The number of phosphoric ester groups is 2. The summed E-state index contributed by atoms with van der Waals surface area (Å²) in [6, 6.07) is 53.9. The van der Waals surface area contributed by atoms with Gasteiger partial charge in [0.25, 0.3) is 23.6 Å². The Morgan fingerprint density at radius 3 is 1.27 bits per heavy atom. The van der Waals surface area contributed by atoms with Crippen LogP contribution in [0.4, 0.5) is 22.7 Å². The molecule has 2 aliphatic rings. The largest absolute Gasteiger partial charge is 0.476 e. The second kappa shape index (κ2) is 32.2. The minimum Gasteiger partial charge on any atom is -0.358 e. The van der Waals surface area contributed by atoms with Crippen molar-refractivity contribution in [3.05, 3.63) is 266 Å². The molecule has 8 aromatic rings. The Kier molecular flexibility index (Phi) is 25.8. The van der Waals surface area contributed by atoms with Gasteiger partial charge in [-0.15, -0.1) is 0 Å². The van der Waals surface area contributed by atoms with Crippen LogP contribution in [0.25, 0.3) is 0 Å². The number of rotatable bonds is 16. The van der Waals surface area contributed by atoms with Crippen molar-refractivity contribution in [1.82, 2.24) is 0 Å². The molecule has 21 heteroatoms. The van der Waals surface area contributed by atoms with E-state index >= 15 is 0 Å². The number of carbonyl (C=O) groups excluding carboxylic acids is 4. The van der Waals surface area contributed by atoms with E-state index in [0.717, 1.165) is 22.3 Å². The van der Waals surface area contributed by atoms with Gasteiger partial charge in [-0.1, -0.05) is 128 Å². The van der Waals surface area contributed by atoms with Gasteiger partial charge in [-0.2, -0.15) is 0 Å². The van der Waals surface area contributed by atoms with Crippen LogP contribution in [0.15, 0.2) is 182 Å². The fourth-order valence-electron chi connectivity index (χ4n) is 10.3. The zero-order valence-corrected chi connectivity index (χ0v) is 53.8. The zero-order valence-electron chi connectivity index (χ0n) is 49.0. The van der Waals surface area contributed by atoms with E-state index in [2.05, 4.69) is 10.6 Å². The number of phosphoric acid groups is 2. The molecule has 0 aliphatic carbocycles. The van der Waals surface area contributed by atoms with Crippen molar-refractivity contribution in [3.8, 4) is 0 Å². The van der Waals surface area contributed by atoms with E-state index in [4.69, 9.17) is 41.3 Å². The number of hydrogen-bond donors (Lipinski definition) is 4. The molecule has 10 rings (SSSR count). The maximum atomic E-state index is 14.3. The van der Waals surface area contributed by atoms with Crippen molar-refractivity contribution >= 4 is 85.2 Å². The molecule has 0 fully saturated rings. The minimum atomic E-state index is -4.76. The molecule has 0 bridgehead atoms. The van der Waals surface area contributed by atoms with E-state index in [1.54, 1.807) is 108 Å². The number of nitrogens with zero attached hydrogens (tertiary/aromatic N) is 2. The van der Waals surface area contributed by atoms with Crippen LogP contribution in [0.2, 0.25) is 10.0 Å². The van der Waals surface area contributed by atoms with Gasteiger partial charge in [0.05, 0.1) is 25.4 Å². The second-order valence-electron chi connectivity index (χ2n) is 20.8. The van der Waals surface area contributed by atoms with Crippen molar-refractivity contribution in [2.24, 2.45) is 0 Å². The minimum absolute atomic E-state index is 0. The second-order valence-corrected chi connectivity index (χ2v) is 24.5. The number of anilines is 4. The van der Waals surface area contributed by atoms with Crippen molar-refractivity contribution in [3.63, 3.8) is 0 Å². The van der Waals surface area contributed by atoms with Crippen LogP contribution in [0.1, 0.15) is 131 Å². The normalized spacial score (nSPS) is 14.5. The molecule has 0 saturated carbocycles. The van der Waals surface area contributed by atoms with E-state index in [-0.39, 0.29) is 72.1 Å². The molecule has 0 spiro atoms. The summed E-state index contributed by atoms with van der Waals surface area (Å²) in [7, 11) is -8.90. The molecular formula is C68H71Cl2N4O12P2Pd-. The van der Waals surface area contributed by atoms with Gasteiger partial charge in [0.2, 0.25) is 0 Å². The summed E-state index contributed by atoms with van der Waals surface area (Å²) >= 11 is 12.7. The number of benzene rings is 8. The Morgan fingerprint density at radius 1 is 0.506 bits per heavy atom. The van der Waals surface area contributed by atoms with Crippen LogP contribution in [0.3, 0.4) is 0 Å². The number of hydrogen-bond acceptors (Lipinski definition) is 10. The maximum absolute atomic E-state index is 14.3. The van der Waals surface area contributed by atoms with Gasteiger partial charge in [-0.05, 0) is 172 Å². The first kappa shape index (κ1) is 71.2. The van der Waals surface area contributed by atoms with E-state index in [9.17, 15) is 38.1 Å². The van der Waals surface area contributed by atoms with E-state index < -0.39 is 27.9 Å². The van der Waals surface area contributed by atoms with E-state index in [0.29, 0.717) is 116 Å². The molecule has 0 aromatic heterocycles. The van der Waals surface area contributed by atoms with Crippen molar-refractivity contribution in [2.75, 3.05) is 33.5 Å². The third kappa shape index (κ3) is 18.6. The molecule has 2 unspecified atom stereocenters. The Hall–Kier alpha value is -6.90. The van der Waals surface area contributed by atoms with Crippen LogP contribution < -0.4 is 20.4 Å². The number of carbonyl (C=O) groups is 4. The molecule has 0 radical (unpaired) electrons. The zero-order chi connectivity index (χ0) is 61.1. The first-order chi connectivity index (χ1) is 41.2. The topological polar surface area (TPSA) is 210 Å². The summed E-state index contributed by atoms with van der Waals surface area (Å²) in [6.45, 7) is 8.14. The standard InChI is InChI=1S/C40H38ClN2O6P.C26H26ClN2O6P.CH4.CH3.Pd/c1-28-12-9-10-17-34(28)39(44)42-33-20-21-35(29(2)24-33)40(45)43-23-11-18-38(36-25-32(41)19-22-37(36)43)49-50(46,47-26-30-13-5-3-6-14-30)48-27-31-15-7-4-8-16-31;1-16-6-3-4-7-20(16)25(30)28-19-10-11-21(17(2)14-19)26(31)29-13-5-8-24(35-36(32,33)34)22-15-18(27)9-12-23(22)29;;;/h3-10,12-17,19-22,24-25,38H,11,18,23,26-27H2,1-2H3,(H,42,44);3-4,6-7,9-12,14-15,24H,5,8,13H2,1-2H3,(H,28,30)(H2,32,33,34);1H4;1H3;/q;;;-1;. The monoisotopic (exact) mass is 1370 g/mol. The van der Waals surface area contributed by atoms with Crippen molar-refractivity contribution in [1.29, 1.82) is 0 Å². The predicted octanol–water partition coefficient (Wildman–Crippen LogP) is 17.1. The van der Waals surface area contributed by atoms with Crippen LogP contribution in [-0.2, 0) is 60.9 Å². The Morgan fingerprint density at radius 2 is 0.888 bits per heavy atom. The molecule has 16 nitrogen and oxygen atoms in total. The fourth-order valence-corrected chi connectivity index (χ4v) is 12.6. The maximum Gasteiger partial charge on any atom is 0.476 e. The average Bonchev–Trinajstić information content (AvgIpc) is 2.01. The van der Waals surface area contributed by atoms with E-state index in [1.807, 2.05) is 112 Å². The van der Waals surface area contributed by atoms with Gasteiger partial charge < -0.3 is 37.6 Å². The first-order valence-electron chi connectivity index (χ1n) is 27.8. The fraction of sp³-hybridized carbons (Fsp3) is 0.221. The SMILES string of the molecule is C.Cc1ccccc1C(=O)Nc1ccc(C(=O)N2CCCC(OP(=O)(O)O)c3cc(Cl)ccc32)c(C)c1.Cc1ccccc1C(=O)Nc1ccc(C(=O)N2CCCC(OP(=O)(OCc3ccccc3)OCc3ccccc3)c3cc(Cl)ccc32)c(C)c1.[CH3-].[Pd]. The van der Waals surface area contributed by atoms with Crippen LogP contribution >= 0.6 is 38.8 Å². The molecule has 2 aliphatic heterocycles. The third-order valence-electron chi connectivity index (χ3n) is 14.6. The number of amides is 4. The van der Waals surface area contributed by atoms with Gasteiger partial charge in [-0.25, -0.2) is 9.13 Å². The Balaban J connectivity index is 0.000000288. The van der Waals surface area contributed by atoms with E-state index in [1.165, 1.54) is 0 Å². The molecule has 8 aromatic carbocycles. The summed E-state index contributed by atoms with van der Waals surface area (Å²) < 4.78 is 49.0. The number of fused-ring (bicyclic) bond motifs is 2. The first-order valence-corrected chi connectivity index (χ1v) is 31.5. The summed E-state index contributed by atoms with van der Waals surface area (Å²) in [5, 5.41) is 6.63. The third-order valence-corrected chi connectivity index (χ3v) is 17.0. The smallest absolute Gasteiger partial charge is 0.358 e. The van der Waals surface area contributed by atoms with Crippen LogP contribution in [0, 0.1) is 35.1 Å². The summed E-state index contributed by atoms with van der Waals surface area (Å²) in [6.07, 6.45) is 0.116. The van der Waals surface area contributed by atoms with Crippen molar-refractivity contribution in [2.45, 2.75) is 86.2 Å². The van der Waals surface area contributed by atoms with Crippen LogP contribution in [0.5, 0.6) is 0 Å². The average molecular weight is 1380 g/mol. The quantitative estimate of drug-likeness (QED) is 0.0404. The molecular weight excluding hydrogens is 1300 g/mol. The molecule has 2 heterocycles. The van der Waals surface area contributed by atoms with Crippen molar-refractivity contribution < 1.29 is 76.6 Å². The molecule has 0 saturated heterocycles. The number of nitrogens with one attached hydrogen (secondary N) is 2. The molecule has 4 amide bonds. The summed E-state index contributed by atoms with van der Waals surface area (Å²) in [5.41, 5.74) is 10.1. The molecule has 470 valence electrons. The molecule has 2 atom stereocenters. The number of halogens is 2. The summed E-state index contributed by atoms with van der Waals surface area (Å²) in [4.78, 5) is 75.4. The van der Waals surface area contributed by atoms with Gasteiger partial charge in [-0.3, -0.25) is 37.3 Å². The number of aryl methyl sites for hydroxylation is 4. The Labute approximate surface area is 544 Å². The van der Waals surface area contributed by atoms with Gasteiger partial charge in [0.1, 0.15) is 0 Å². The van der Waals surface area contributed by atoms with Gasteiger partial charge in [0.15, 0.2) is 0 Å². The molecule has 4 N–H and O–H groups in total.